The molecule has 7 heteroatoms. The molecule has 2 atom stereocenters. The van der Waals surface area contributed by atoms with Crippen LogP contribution in [-0.4, -0.2) is 35.3 Å². The first-order valence-electron chi connectivity index (χ1n) is 11.9. The number of nitrogens with one attached hydrogen (secondary N) is 2. The molecule has 34 heavy (non-hydrogen) atoms. The summed E-state index contributed by atoms with van der Waals surface area (Å²) in [7, 11) is 3.26. The van der Waals surface area contributed by atoms with Gasteiger partial charge >= 0.3 is 0 Å². The van der Waals surface area contributed by atoms with Crippen LogP contribution in [0.25, 0.3) is 6.08 Å². The molecule has 1 aromatic carbocycles. The number of carbonyl (C=O) groups is 1. The third kappa shape index (κ3) is 4.55. The molecule has 0 spiro atoms. The molecule has 2 aliphatic carbocycles. The summed E-state index contributed by atoms with van der Waals surface area (Å²) in [5.74, 6) is 2.07. The zero-order valence-electron chi connectivity index (χ0n) is 20.2. The van der Waals surface area contributed by atoms with Gasteiger partial charge in [-0.2, -0.15) is 5.10 Å². The second kappa shape index (κ2) is 10.5. The molecule has 2 unspecified atom stereocenters. The van der Waals surface area contributed by atoms with E-state index in [0.29, 0.717) is 17.5 Å². The van der Waals surface area contributed by atoms with Crippen molar-refractivity contribution in [2.45, 2.75) is 51.4 Å². The molecular formula is C27H32N4O3. The number of hydrogen-bond donors (Lipinski definition) is 2. The number of amides is 1. The van der Waals surface area contributed by atoms with E-state index in [-0.39, 0.29) is 11.8 Å². The average molecular weight is 461 g/mol. The highest BCUT2D eigenvalue weighted by molar-refractivity contribution is 5.96. The summed E-state index contributed by atoms with van der Waals surface area (Å²) in [6.07, 6.45) is 13.4. The van der Waals surface area contributed by atoms with Gasteiger partial charge in [0.05, 0.1) is 26.3 Å². The van der Waals surface area contributed by atoms with Crippen LogP contribution < -0.4 is 14.8 Å². The van der Waals surface area contributed by atoms with Gasteiger partial charge < -0.3 is 14.8 Å². The molecule has 0 radical (unpaired) electrons. The number of ether oxygens (including phenoxy) is 2. The lowest BCUT2D eigenvalue weighted by Crippen LogP contribution is -2.20. The van der Waals surface area contributed by atoms with Gasteiger partial charge in [-0.3, -0.25) is 9.89 Å². The molecule has 2 aliphatic rings. The topological polar surface area (TPSA) is 89.1 Å². The van der Waals surface area contributed by atoms with Crippen molar-refractivity contribution < 1.29 is 14.3 Å². The highest BCUT2D eigenvalue weighted by atomic mass is 16.5. The number of pyridine rings is 1. The lowest BCUT2D eigenvalue weighted by molar-refractivity contribution is -0.117. The number of H-pyrrole nitrogens is 1. The number of hydrogen-bond acceptors (Lipinski definition) is 5. The number of methoxy groups -OCH3 is 2. The van der Waals surface area contributed by atoms with E-state index in [2.05, 4.69) is 32.7 Å². The Labute approximate surface area is 200 Å². The van der Waals surface area contributed by atoms with E-state index in [1.807, 2.05) is 50.6 Å². The molecule has 5 rings (SSSR count). The Morgan fingerprint density at radius 3 is 2.71 bits per heavy atom. The van der Waals surface area contributed by atoms with Gasteiger partial charge in [0.2, 0.25) is 5.91 Å². The summed E-state index contributed by atoms with van der Waals surface area (Å²) in [5.41, 5.74) is 5.52. The van der Waals surface area contributed by atoms with Crippen molar-refractivity contribution in [3.05, 3.63) is 70.7 Å². The van der Waals surface area contributed by atoms with Gasteiger partial charge in [0.15, 0.2) is 11.5 Å². The van der Waals surface area contributed by atoms with Gasteiger partial charge in [0.25, 0.3) is 0 Å². The van der Waals surface area contributed by atoms with Crippen LogP contribution in [0.15, 0.2) is 42.9 Å². The fourth-order valence-corrected chi connectivity index (χ4v) is 4.83. The number of aryl methyl sites for hydroxylation is 1. The normalized spacial score (nSPS) is 18.1. The van der Waals surface area contributed by atoms with Crippen LogP contribution in [-0.2, 0) is 17.6 Å². The van der Waals surface area contributed by atoms with Crippen LogP contribution in [0, 0.1) is 0 Å². The first-order chi connectivity index (χ1) is 16.7. The fraction of sp³-hybridized carbons (Fsp3) is 0.370. The SMILES string of the molecule is CC.COc1ccc2c(c1OC)CCC2C(=O)Nc1cc2c(cn1)C=CC(c1cn[nH]c1)CC2. The highest BCUT2D eigenvalue weighted by Gasteiger charge is 2.32. The third-order valence-corrected chi connectivity index (χ3v) is 6.52. The predicted molar refractivity (Wildman–Crippen MR) is 134 cm³/mol. The van der Waals surface area contributed by atoms with Crippen molar-refractivity contribution in [1.82, 2.24) is 15.2 Å². The number of allylic oxidation sites excluding steroid dienone is 1. The summed E-state index contributed by atoms with van der Waals surface area (Å²) in [5, 5.41) is 9.99. The quantitative estimate of drug-likeness (QED) is 0.542. The van der Waals surface area contributed by atoms with E-state index < -0.39 is 0 Å². The predicted octanol–water partition coefficient (Wildman–Crippen LogP) is 5.26. The summed E-state index contributed by atoms with van der Waals surface area (Å²) in [4.78, 5) is 17.6. The number of nitrogens with zero attached hydrogens (tertiary/aromatic N) is 2. The monoisotopic (exact) mass is 460 g/mol. The van der Waals surface area contributed by atoms with Gasteiger partial charge in [-0.25, -0.2) is 4.98 Å². The zero-order valence-corrected chi connectivity index (χ0v) is 20.2. The minimum absolute atomic E-state index is 0.0381. The maximum absolute atomic E-state index is 13.1. The molecule has 178 valence electrons. The van der Waals surface area contributed by atoms with Crippen molar-refractivity contribution in [2.75, 3.05) is 19.5 Å². The Morgan fingerprint density at radius 2 is 1.97 bits per heavy atom. The Hall–Kier alpha value is -3.61. The standard InChI is InChI=1S/C25H26N4O3.C2H6/c1-31-22-10-9-19-20(24(22)32-2)7-8-21(19)25(30)29-23-11-16-5-3-15(18-13-27-28-14-18)4-6-17(16)12-26-23;1-2/h4,6,9-15,21H,3,5,7-8H2,1-2H3,(H,27,28)(H,26,29,30);1-2H3. The number of anilines is 1. The number of benzene rings is 1. The summed E-state index contributed by atoms with van der Waals surface area (Å²) < 4.78 is 11.0. The first-order valence-corrected chi connectivity index (χ1v) is 11.9. The smallest absolute Gasteiger partial charge is 0.233 e. The van der Waals surface area contributed by atoms with Crippen LogP contribution in [0.1, 0.15) is 66.3 Å². The van der Waals surface area contributed by atoms with Gasteiger partial charge in [0, 0.05) is 23.9 Å². The lowest BCUT2D eigenvalue weighted by atomic mass is 9.96. The van der Waals surface area contributed by atoms with Crippen LogP contribution in [0.5, 0.6) is 11.5 Å². The second-order valence-electron chi connectivity index (χ2n) is 8.25. The fourth-order valence-electron chi connectivity index (χ4n) is 4.83. The molecule has 0 fully saturated rings. The highest BCUT2D eigenvalue weighted by Crippen LogP contribution is 2.43. The summed E-state index contributed by atoms with van der Waals surface area (Å²) >= 11 is 0. The Kier molecular flexibility index (Phi) is 7.30. The van der Waals surface area contributed by atoms with Crippen molar-refractivity contribution in [3.8, 4) is 11.5 Å². The lowest BCUT2D eigenvalue weighted by Gasteiger charge is -2.15. The van der Waals surface area contributed by atoms with E-state index in [9.17, 15) is 4.79 Å². The minimum atomic E-state index is -0.226. The number of rotatable bonds is 5. The van der Waals surface area contributed by atoms with Gasteiger partial charge in [-0.1, -0.05) is 32.1 Å². The molecule has 2 N–H and O–H groups in total. The largest absolute Gasteiger partial charge is 0.493 e. The van der Waals surface area contributed by atoms with Crippen LogP contribution >= 0.6 is 0 Å². The average Bonchev–Trinajstić information content (AvgIpc) is 3.51. The molecule has 0 saturated carbocycles. The van der Waals surface area contributed by atoms with Gasteiger partial charge in [-0.05, 0) is 60.1 Å². The van der Waals surface area contributed by atoms with Crippen LogP contribution in [0.2, 0.25) is 0 Å². The van der Waals surface area contributed by atoms with Crippen molar-refractivity contribution >= 4 is 17.8 Å². The molecule has 0 aliphatic heterocycles. The van der Waals surface area contributed by atoms with E-state index in [1.165, 1.54) is 11.1 Å². The molecule has 3 aromatic rings. The first kappa shape index (κ1) is 23.5. The van der Waals surface area contributed by atoms with E-state index in [1.54, 1.807) is 14.2 Å². The third-order valence-electron chi connectivity index (χ3n) is 6.52. The minimum Gasteiger partial charge on any atom is -0.493 e. The zero-order chi connectivity index (χ0) is 24.1. The number of fused-ring (bicyclic) bond motifs is 2. The van der Waals surface area contributed by atoms with Gasteiger partial charge in [-0.15, -0.1) is 0 Å². The molecule has 7 nitrogen and oxygen atoms in total. The number of aromatic nitrogens is 3. The number of aromatic amines is 1. The molecule has 1 amide bonds. The van der Waals surface area contributed by atoms with Crippen molar-refractivity contribution in [2.24, 2.45) is 0 Å². The Balaban J connectivity index is 0.00000133. The molecule has 2 aromatic heterocycles. The maximum Gasteiger partial charge on any atom is 0.233 e. The van der Waals surface area contributed by atoms with E-state index in [4.69, 9.17) is 9.47 Å². The number of carbonyl (C=O) groups excluding carboxylic acids is 1. The summed E-state index contributed by atoms with van der Waals surface area (Å²) in [6, 6.07) is 5.84. The molecule has 0 bridgehead atoms. The van der Waals surface area contributed by atoms with Crippen molar-refractivity contribution in [3.63, 3.8) is 0 Å². The van der Waals surface area contributed by atoms with Gasteiger partial charge in [0.1, 0.15) is 5.82 Å². The second-order valence-corrected chi connectivity index (χ2v) is 8.25. The molecule has 0 saturated heterocycles. The maximum atomic E-state index is 13.1. The summed E-state index contributed by atoms with van der Waals surface area (Å²) in [6.45, 7) is 4.00. The van der Waals surface area contributed by atoms with Crippen molar-refractivity contribution in [1.29, 1.82) is 0 Å². The molecular weight excluding hydrogens is 428 g/mol. The van der Waals surface area contributed by atoms with Crippen LogP contribution in [0.3, 0.4) is 0 Å². The molecule has 2 heterocycles. The Bertz CT molecular complexity index is 1170. The van der Waals surface area contributed by atoms with Crippen LogP contribution in [0.4, 0.5) is 5.82 Å². The Morgan fingerprint density at radius 1 is 1.12 bits per heavy atom. The van der Waals surface area contributed by atoms with E-state index >= 15 is 0 Å². The van der Waals surface area contributed by atoms with E-state index in [0.717, 1.165) is 48.1 Å².